The number of unbranched alkanes of at least 4 members (excludes halogenated alkanes) is 10. The second-order valence-electron chi connectivity index (χ2n) is 13.1. The SMILES string of the molecule is CCCCCCCCC(=O)OCC1(CO)CCC(=O)O1.CCCCCCCCC(=O)OCC1(COCc2ccccc2)CCC(=O)O1.ClB(Cl)Cl. The number of hydrogen-bond donors (Lipinski definition) is 1. The maximum atomic E-state index is 12.0. The molecule has 10 nitrogen and oxygen atoms in total. The summed E-state index contributed by atoms with van der Waals surface area (Å²) in [5, 5.41) is 9.28. The fraction of sp³-hybridized carbons (Fsp3) is 0.730. The minimum atomic E-state index is -1.01. The Labute approximate surface area is 319 Å². The number of halogens is 3. The molecule has 0 spiro atoms. The molecule has 2 aliphatic rings. The van der Waals surface area contributed by atoms with Crippen LogP contribution >= 0.6 is 34.4 Å². The molecule has 2 saturated heterocycles. The Bertz CT molecular complexity index is 1110. The summed E-state index contributed by atoms with van der Waals surface area (Å²) in [7, 11) is 0. The van der Waals surface area contributed by atoms with Gasteiger partial charge in [-0.1, -0.05) is 108 Å². The molecular formula is C37H58BCl3O10. The molecule has 2 unspecified atom stereocenters. The van der Waals surface area contributed by atoms with E-state index in [9.17, 15) is 24.3 Å². The lowest BCUT2D eigenvalue weighted by molar-refractivity contribution is -0.169. The number of cyclic esters (lactones) is 2. The second kappa shape index (κ2) is 28.5. The van der Waals surface area contributed by atoms with Crippen molar-refractivity contribution in [3.63, 3.8) is 0 Å². The first-order chi connectivity index (χ1) is 24.5. The standard InChI is InChI=1S/C22H32O5.C15H26O5.BCl3/c1-2-3-4-5-6-10-13-20(23)26-18-22(15-14-21(24)27-22)17-25-16-19-11-8-7-9-12-19;1-2-3-4-5-6-7-8-13(17)19-12-15(11-16)10-9-14(18)20-15;2-1(3)4/h7-9,11-12H,2-6,10,13-18H2,1H3;16H,2-12H2,1H3;. The highest BCUT2D eigenvalue weighted by Gasteiger charge is 2.42. The Morgan fingerprint density at radius 1 is 0.706 bits per heavy atom. The van der Waals surface area contributed by atoms with Gasteiger partial charge in [0.15, 0.2) is 11.2 Å². The number of aliphatic hydroxyl groups excluding tert-OH is 1. The van der Waals surface area contributed by atoms with Crippen LogP contribution in [0.5, 0.6) is 0 Å². The average Bonchev–Trinajstić information content (AvgIpc) is 3.68. The van der Waals surface area contributed by atoms with Crippen molar-refractivity contribution in [2.45, 2.75) is 147 Å². The van der Waals surface area contributed by atoms with Crippen molar-refractivity contribution in [3.05, 3.63) is 35.9 Å². The minimum absolute atomic E-state index is 0.0378. The molecule has 2 fully saturated rings. The fourth-order valence-corrected chi connectivity index (χ4v) is 5.45. The van der Waals surface area contributed by atoms with Gasteiger partial charge in [-0.3, -0.25) is 19.2 Å². The zero-order chi connectivity index (χ0) is 37.8. The van der Waals surface area contributed by atoms with Crippen LogP contribution in [0.3, 0.4) is 0 Å². The number of carbonyl (C=O) groups excluding carboxylic acids is 4. The van der Waals surface area contributed by atoms with Gasteiger partial charge in [0.05, 0.1) is 19.8 Å². The van der Waals surface area contributed by atoms with E-state index >= 15 is 0 Å². The summed E-state index contributed by atoms with van der Waals surface area (Å²) in [6.07, 6.45) is 15.8. The average molecular weight is 780 g/mol. The van der Waals surface area contributed by atoms with Crippen LogP contribution in [0, 0.1) is 0 Å². The van der Waals surface area contributed by atoms with Gasteiger partial charge in [-0.05, 0) is 18.4 Å². The Hall–Kier alpha value is -2.05. The third kappa shape index (κ3) is 23.3. The third-order valence-corrected chi connectivity index (χ3v) is 8.46. The molecule has 1 aromatic carbocycles. The molecule has 0 aliphatic carbocycles. The molecule has 1 aromatic rings. The zero-order valence-corrected chi connectivity index (χ0v) is 32.8. The quantitative estimate of drug-likeness (QED) is 0.0498. The maximum absolute atomic E-state index is 12.0. The lowest BCUT2D eigenvalue weighted by Crippen LogP contribution is -2.40. The van der Waals surface area contributed by atoms with E-state index in [2.05, 4.69) is 13.8 Å². The highest BCUT2D eigenvalue weighted by Crippen LogP contribution is 2.29. The Morgan fingerprint density at radius 3 is 1.57 bits per heavy atom. The second-order valence-corrected chi connectivity index (χ2v) is 15.0. The number of ether oxygens (including phenoxy) is 5. The molecule has 0 amide bonds. The molecule has 2 heterocycles. The first-order valence-electron chi connectivity index (χ1n) is 18.4. The predicted molar refractivity (Wildman–Crippen MR) is 201 cm³/mol. The smallest absolute Gasteiger partial charge is 0.450 e. The minimum Gasteiger partial charge on any atom is -0.461 e. The molecule has 0 aromatic heterocycles. The van der Waals surface area contributed by atoms with Crippen molar-refractivity contribution in [2.24, 2.45) is 0 Å². The first-order valence-corrected chi connectivity index (χ1v) is 19.7. The molecule has 290 valence electrons. The fourth-order valence-electron chi connectivity index (χ4n) is 5.45. The number of carbonyl (C=O) groups is 4. The van der Waals surface area contributed by atoms with Crippen molar-refractivity contribution in [3.8, 4) is 0 Å². The van der Waals surface area contributed by atoms with Crippen LogP contribution in [0.25, 0.3) is 0 Å². The molecule has 2 atom stereocenters. The molecule has 3 rings (SSSR count). The molecule has 0 bridgehead atoms. The summed E-state index contributed by atoms with van der Waals surface area (Å²) in [6, 6.07) is 9.82. The van der Waals surface area contributed by atoms with Gasteiger partial charge < -0.3 is 28.8 Å². The molecule has 0 saturated carbocycles. The van der Waals surface area contributed by atoms with Crippen molar-refractivity contribution in [2.75, 3.05) is 26.4 Å². The Balaban J connectivity index is 0.000000478. The van der Waals surface area contributed by atoms with Crippen molar-refractivity contribution in [1.29, 1.82) is 0 Å². The van der Waals surface area contributed by atoms with Gasteiger partial charge in [0, 0.05) is 38.5 Å². The molecule has 51 heavy (non-hydrogen) atoms. The summed E-state index contributed by atoms with van der Waals surface area (Å²) < 4.78 is 26.8. The van der Waals surface area contributed by atoms with Crippen LogP contribution in [0.15, 0.2) is 30.3 Å². The van der Waals surface area contributed by atoms with E-state index in [0.717, 1.165) is 44.1 Å². The number of esters is 4. The summed E-state index contributed by atoms with van der Waals surface area (Å²) >= 11 is 14.4. The molecular weight excluding hydrogens is 722 g/mol. The Kier molecular flexibility index (Phi) is 26.2. The van der Waals surface area contributed by atoms with Gasteiger partial charge in [0.2, 0.25) is 0 Å². The van der Waals surface area contributed by atoms with Crippen molar-refractivity contribution in [1.82, 2.24) is 0 Å². The van der Waals surface area contributed by atoms with Crippen LogP contribution in [0.1, 0.15) is 135 Å². The van der Waals surface area contributed by atoms with Crippen molar-refractivity contribution >= 4 is 63.2 Å². The van der Waals surface area contributed by atoms with Gasteiger partial charge in [-0.2, -0.15) is 34.4 Å². The summed E-state index contributed by atoms with van der Waals surface area (Å²) in [5.41, 5.74) is -0.798. The van der Waals surface area contributed by atoms with E-state index in [4.69, 9.17) is 58.1 Å². The molecule has 14 heteroatoms. The number of hydrogen-bond acceptors (Lipinski definition) is 10. The topological polar surface area (TPSA) is 135 Å². The highest BCUT2D eigenvalue weighted by atomic mass is 35.6. The zero-order valence-electron chi connectivity index (χ0n) is 30.5. The predicted octanol–water partition coefficient (Wildman–Crippen LogP) is 8.61. The van der Waals surface area contributed by atoms with Gasteiger partial charge >= 0.3 is 28.8 Å². The lowest BCUT2D eigenvalue weighted by atomic mass is 10.0. The number of benzene rings is 1. The largest absolute Gasteiger partial charge is 0.461 e. The lowest BCUT2D eigenvalue weighted by Gasteiger charge is -2.27. The van der Waals surface area contributed by atoms with Crippen LogP contribution in [0.2, 0.25) is 0 Å². The van der Waals surface area contributed by atoms with Crippen LogP contribution in [-0.2, 0) is 49.5 Å². The highest BCUT2D eigenvalue weighted by molar-refractivity contribution is 7.54. The summed E-state index contributed by atoms with van der Waals surface area (Å²) in [6.45, 7) is 4.76. The number of rotatable bonds is 23. The van der Waals surface area contributed by atoms with Crippen LogP contribution < -0.4 is 0 Å². The van der Waals surface area contributed by atoms with Gasteiger partial charge in [-0.25, -0.2) is 0 Å². The molecule has 0 radical (unpaired) electrons. The van der Waals surface area contributed by atoms with E-state index in [1.807, 2.05) is 30.3 Å². The van der Waals surface area contributed by atoms with Crippen LogP contribution in [-0.4, -0.2) is 71.6 Å². The van der Waals surface area contributed by atoms with Gasteiger partial charge in [0.25, 0.3) is 0 Å². The van der Waals surface area contributed by atoms with Gasteiger partial charge in [0.1, 0.15) is 13.2 Å². The van der Waals surface area contributed by atoms with Gasteiger partial charge in [-0.15, -0.1) is 0 Å². The van der Waals surface area contributed by atoms with E-state index in [1.165, 1.54) is 38.5 Å². The van der Waals surface area contributed by atoms with Crippen LogP contribution in [0.4, 0.5) is 0 Å². The summed E-state index contributed by atoms with van der Waals surface area (Å²) in [5.74, 6) is -1.11. The first kappa shape index (κ1) is 47.0. The molecule has 2 aliphatic heterocycles. The third-order valence-electron chi connectivity index (χ3n) is 8.46. The monoisotopic (exact) mass is 778 g/mol. The van der Waals surface area contributed by atoms with E-state index in [1.54, 1.807) is 0 Å². The van der Waals surface area contributed by atoms with E-state index < -0.39 is 16.2 Å². The van der Waals surface area contributed by atoms with E-state index in [-0.39, 0.29) is 56.7 Å². The summed E-state index contributed by atoms with van der Waals surface area (Å²) in [4.78, 5) is 45.5. The normalized spacial score (nSPS) is 19.2. The maximum Gasteiger partial charge on any atom is 0.450 e. The van der Waals surface area contributed by atoms with Crippen molar-refractivity contribution < 1.29 is 48.0 Å². The van der Waals surface area contributed by atoms with E-state index in [0.29, 0.717) is 38.7 Å². The number of aliphatic hydroxyl groups is 1. The molecule has 1 N–H and O–H groups in total. The Morgan fingerprint density at radius 2 is 1.14 bits per heavy atom.